The monoisotopic (exact) mass is 322 g/mol. The number of hydrogen-bond donors (Lipinski definition) is 2. The smallest absolute Gasteiger partial charge is 0.259 e. The summed E-state index contributed by atoms with van der Waals surface area (Å²) in [5.41, 5.74) is 2.69. The van der Waals surface area contributed by atoms with Crippen LogP contribution in [0.4, 0.5) is 5.69 Å². The molecule has 0 aliphatic carbocycles. The fourth-order valence-electron chi connectivity index (χ4n) is 2.53. The molecule has 2 N–H and O–H groups in total. The fraction of sp³-hybridized carbons (Fsp3) is 0.167. The van der Waals surface area contributed by atoms with Crippen molar-refractivity contribution in [3.63, 3.8) is 0 Å². The van der Waals surface area contributed by atoms with E-state index in [0.29, 0.717) is 23.5 Å². The Morgan fingerprint density at radius 1 is 1.25 bits per heavy atom. The molecule has 24 heavy (non-hydrogen) atoms. The van der Waals surface area contributed by atoms with Crippen molar-refractivity contribution in [2.24, 2.45) is 0 Å². The Bertz CT molecular complexity index is 843. The van der Waals surface area contributed by atoms with Crippen LogP contribution in [0.25, 0.3) is 5.82 Å². The number of carbonyl (C=O) groups excluding carboxylic acids is 1. The van der Waals surface area contributed by atoms with Crippen LogP contribution in [0, 0.1) is 0 Å². The lowest BCUT2D eigenvalue weighted by Crippen LogP contribution is -2.14. The molecular weight excluding hydrogens is 304 g/mol. The molecule has 1 amide bonds. The quantitative estimate of drug-likeness (QED) is 0.756. The normalized spacial score (nSPS) is 10.6. The number of anilines is 1. The molecule has 0 spiro atoms. The van der Waals surface area contributed by atoms with Gasteiger partial charge in [-0.3, -0.25) is 4.79 Å². The number of carbonyl (C=O) groups is 1. The van der Waals surface area contributed by atoms with Crippen molar-refractivity contribution in [2.45, 2.75) is 20.0 Å². The van der Waals surface area contributed by atoms with Gasteiger partial charge in [-0.05, 0) is 36.2 Å². The van der Waals surface area contributed by atoms with E-state index in [-0.39, 0.29) is 12.5 Å². The Hall–Kier alpha value is -2.99. The molecule has 122 valence electrons. The first-order valence-corrected chi connectivity index (χ1v) is 7.72. The lowest BCUT2D eigenvalue weighted by Gasteiger charge is -2.08. The van der Waals surface area contributed by atoms with Crippen LogP contribution in [0.5, 0.6) is 0 Å². The average molecular weight is 322 g/mol. The van der Waals surface area contributed by atoms with Crippen LogP contribution in [0.1, 0.15) is 28.5 Å². The molecule has 0 saturated heterocycles. The number of aliphatic hydroxyl groups excluding tert-OH is 1. The summed E-state index contributed by atoms with van der Waals surface area (Å²) in [6.45, 7) is 1.90. The van der Waals surface area contributed by atoms with Gasteiger partial charge in [0, 0.05) is 11.9 Å². The van der Waals surface area contributed by atoms with E-state index in [1.807, 2.05) is 25.1 Å². The zero-order valence-electron chi connectivity index (χ0n) is 13.3. The van der Waals surface area contributed by atoms with Gasteiger partial charge in [-0.15, -0.1) is 0 Å². The van der Waals surface area contributed by atoms with E-state index in [0.717, 1.165) is 11.3 Å². The lowest BCUT2D eigenvalue weighted by molar-refractivity contribution is 0.102. The van der Waals surface area contributed by atoms with Gasteiger partial charge in [-0.1, -0.05) is 25.1 Å². The number of rotatable bonds is 5. The molecule has 0 unspecified atom stereocenters. The largest absolute Gasteiger partial charge is 0.392 e. The van der Waals surface area contributed by atoms with Gasteiger partial charge in [-0.25, -0.2) is 9.67 Å². The third-order valence-electron chi connectivity index (χ3n) is 3.68. The first kappa shape index (κ1) is 15.9. The zero-order chi connectivity index (χ0) is 16.9. The van der Waals surface area contributed by atoms with Gasteiger partial charge in [0.05, 0.1) is 24.1 Å². The maximum atomic E-state index is 12.6. The first-order chi connectivity index (χ1) is 11.7. The van der Waals surface area contributed by atoms with E-state index in [1.165, 1.54) is 0 Å². The second-order valence-electron chi connectivity index (χ2n) is 5.27. The molecular formula is C18H18N4O2. The summed E-state index contributed by atoms with van der Waals surface area (Å²) in [5.74, 6) is 0.444. The molecule has 0 atom stereocenters. The molecule has 1 aromatic carbocycles. The van der Waals surface area contributed by atoms with Crippen molar-refractivity contribution < 1.29 is 9.90 Å². The summed E-state index contributed by atoms with van der Waals surface area (Å²) in [4.78, 5) is 16.9. The summed E-state index contributed by atoms with van der Waals surface area (Å²) < 4.78 is 1.68. The molecule has 2 aromatic heterocycles. The van der Waals surface area contributed by atoms with Crippen LogP contribution >= 0.6 is 0 Å². The topological polar surface area (TPSA) is 80.0 Å². The maximum Gasteiger partial charge on any atom is 0.259 e. The Morgan fingerprint density at radius 3 is 2.83 bits per heavy atom. The molecule has 0 aliphatic rings. The van der Waals surface area contributed by atoms with Crippen LogP contribution in [0.2, 0.25) is 0 Å². The van der Waals surface area contributed by atoms with E-state index in [1.54, 1.807) is 41.3 Å². The summed E-state index contributed by atoms with van der Waals surface area (Å²) in [7, 11) is 0. The minimum atomic E-state index is -0.232. The number of amides is 1. The molecule has 0 fully saturated rings. The zero-order valence-corrected chi connectivity index (χ0v) is 13.3. The SMILES string of the molecule is CCc1c(C(=O)Nc2cccc(CO)c2)cnn1-c1ccccn1. The highest BCUT2D eigenvalue weighted by Crippen LogP contribution is 2.17. The number of pyridine rings is 1. The van der Waals surface area contributed by atoms with Crippen molar-refractivity contribution in [3.8, 4) is 5.82 Å². The minimum Gasteiger partial charge on any atom is -0.392 e. The molecule has 6 heteroatoms. The number of nitrogens with zero attached hydrogens (tertiary/aromatic N) is 3. The van der Waals surface area contributed by atoms with Gasteiger partial charge in [-0.2, -0.15) is 5.10 Å². The standard InChI is InChI=1S/C18H18N4O2/c1-2-16-15(11-20-22(16)17-8-3-4-9-19-17)18(24)21-14-7-5-6-13(10-14)12-23/h3-11,23H,2,12H2,1H3,(H,21,24). The molecule has 3 rings (SSSR count). The third-order valence-corrected chi connectivity index (χ3v) is 3.68. The summed E-state index contributed by atoms with van der Waals surface area (Å²) >= 11 is 0. The summed E-state index contributed by atoms with van der Waals surface area (Å²) in [6.07, 6.45) is 3.89. The van der Waals surface area contributed by atoms with Gasteiger partial charge in [0.2, 0.25) is 0 Å². The number of hydrogen-bond acceptors (Lipinski definition) is 4. The van der Waals surface area contributed by atoms with E-state index in [4.69, 9.17) is 0 Å². The fourth-order valence-corrected chi connectivity index (χ4v) is 2.53. The molecule has 6 nitrogen and oxygen atoms in total. The van der Waals surface area contributed by atoms with Gasteiger partial charge in [0.1, 0.15) is 0 Å². The Morgan fingerprint density at radius 2 is 2.12 bits per heavy atom. The van der Waals surface area contributed by atoms with Crippen LogP contribution in [-0.4, -0.2) is 25.8 Å². The van der Waals surface area contributed by atoms with E-state index < -0.39 is 0 Å². The predicted octanol–water partition coefficient (Wildman–Crippen LogP) is 2.57. The van der Waals surface area contributed by atoms with Gasteiger partial charge >= 0.3 is 0 Å². The van der Waals surface area contributed by atoms with Crippen LogP contribution in [0.3, 0.4) is 0 Å². The molecule has 0 bridgehead atoms. The highest BCUT2D eigenvalue weighted by atomic mass is 16.3. The number of nitrogens with one attached hydrogen (secondary N) is 1. The second-order valence-corrected chi connectivity index (χ2v) is 5.27. The van der Waals surface area contributed by atoms with Crippen molar-refractivity contribution >= 4 is 11.6 Å². The highest BCUT2D eigenvalue weighted by Gasteiger charge is 2.17. The van der Waals surface area contributed by atoms with Crippen LogP contribution in [-0.2, 0) is 13.0 Å². The molecule has 3 aromatic rings. The number of aliphatic hydroxyl groups is 1. The molecule has 0 radical (unpaired) electrons. The summed E-state index contributed by atoms with van der Waals surface area (Å²) in [6, 6.07) is 12.7. The minimum absolute atomic E-state index is 0.0679. The summed E-state index contributed by atoms with van der Waals surface area (Å²) in [5, 5.41) is 16.3. The number of benzene rings is 1. The van der Waals surface area contributed by atoms with Crippen LogP contribution < -0.4 is 5.32 Å². The van der Waals surface area contributed by atoms with Crippen LogP contribution in [0.15, 0.2) is 54.9 Å². The molecule has 2 heterocycles. The molecule has 0 saturated carbocycles. The second kappa shape index (κ2) is 7.06. The van der Waals surface area contributed by atoms with Crippen molar-refractivity contribution in [2.75, 3.05) is 5.32 Å². The molecule has 0 aliphatic heterocycles. The first-order valence-electron chi connectivity index (χ1n) is 7.72. The maximum absolute atomic E-state index is 12.6. The third kappa shape index (κ3) is 3.18. The average Bonchev–Trinajstić information content (AvgIpc) is 3.06. The number of aromatic nitrogens is 3. The van der Waals surface area contributed by atoms with E-state index in [9.17, 15) is 9.90 Å². The van der Waals surface area contributed by atoms with E-state index in [2.05, 4.69) is 15.4 Å². The van der Waals surface area contributed by atoms with Gasteiger partial charge in [0.15, 0.2) is 5.82 Å². The van der Waals surface area contributed by atoms with Gasteiger partial charge < -0.3 is 10.4 Å². The highest BCUT2D eigenvalue weighted by molar-refractivity contribution is 6.05. The van der Waals surface area contributed by atoms with Gasteiger partial charge in [0.25, 0.3) is 5.91 Å². The van der Waals surface area contributed by atoms with Crippen molar-refractivity contribution in [1.82, 2.24) is 14.8 Å². The van der Waals surface area contributed by atoms with Crippen molar-refractivity contribution in [3.05, 3.63) is 71.7 Å². The Balaban J connectivity index is 1.89. The Labute approximate surface area is 139 Å². The predicted molar refractivity (Wildman–Crippen MR) is 91.1 cm³/mol. The Kier molecular flexibility index (Phi) is 4.67. The van der Waals surface area contributed by atoms with E-state index >= 15 is 0 Å². The van der Waals surface area contributed by atoms with Crippen molar-refractivity contribution in [1.29, 1.82) is 0 Å². The lowest BCUT2D eigenvalue weighted by atomic mass is 10.1.